The Bertz CT molecular complexity index is 202. The minimum atomic E-state index is 0.103. The fourth-order valence-corrected chi connectivity index (χ4v) is 1.81. The summed E-state index contributed by atoms with van der Waals surface area (Å²) in [4.78, 5) is 13.9. The summed E-state index contributed by atoms with van der Waals surface area (Å²) in [5.41, 5.74) is 5.76. The van der Waals surface area contributed by atoms with Crippen molar-refractivity contribution >= 4 is 5.91 Å². The van der Waals surface area contributed by atoms with Gasteiger partial charge in [-0.25, -0.2) is 5.43 Å². The van der Waals surface area contributed by atoms with E-state index < -0.39 is 0 Å². The lowest BCUT2D eigenvalue weighted by Crippen LogP contribution is -2.44. The molecule has 0 bridgehead atoms. The van der Waals surface area contributed by atoms with Crippen LogP contribution in [-0.4, -0.2) is 36.5 Å². The topological polar surface area (TPSA) is 44.4 Å². The van der Waals surface area contributed by atoms with Crippen molar-refractivity contribution in [1.29, 1.82) is 0 Å². The van der Waals surface area contributed by atoms with Gasteiger partial charge in [-0.15, -0.1) is 0 Å². The highest BCUT2D eigenvalue weighted by molar-refractivity contribution is 5.75. The van der Waals surface area contributed by atoms with Crippen molar-refractivity contribution in [1.82, 2.24) is 15.8 Å². The van der Waals surface area contributed by atoms with Gasteiger partial charge in [0.2, 0.25) is 5.91 Å². The fourth-order valence-electron chi connectivity index (χ4n) is 1.81. The van der Waals surface area contributed by atoms with Crippen LogP contribution in [0.3, 0.4) is 0 Å². The van der Waals surface area contributed by atoms with Crippen LogP contribution in [0.1, 0.15) is 46.0 Å². The molecule has 16 heavy (non-hydrogen) atoms. The van der Waals surface area contributed by atoms with Crippen molar-refractivity contribution < 1.29 is 4.79 Å². The molecule has 1 aliphatic rings. The number of piperidine rings is 1. The summed E-state index contributed by atoms with van der Waals surface area (Å²) in [7, 11) is 0. The summed E-state index contributed by atoms with van der Waals surface area (Å²) >= 11 is 0. The fraction of sp³-hybridized carbons (Fsp3) is 0.917. The Hall–Kier alpha value is -0.610. The maximum Gasteiger partial charge on any atom is 0.235 e. The van der Waals surface area contributed by atoms with E-state index in [1.165, 1.54) is 19.3 Å². The van der Waals surface area contributed by atoms with Crippen LogP contribution < -0.4 is 10.9 Å². The Morgan fingerprint density at radius 1 is 1.31 bits per heavy atom. The lowest BCUT2D eigenvalue weighted by molar-refractivity contribution is -0.122. The van der Waals surface area contributed by atoms with E-state index in [0.29, 0.717) is 12.5 Å². The van der Waals surface area contributed by atoms with Crippen molar-refractivity contribution in [2.45, 2.75) is 52.0 Å². The molecule has 0 saturated carbocycles. The molecule has 94 valence electrons. The molecule has 0 radical (unpaired) electrons. The van der Waals surface area contributed by atoms with Crippen LogP contribution in [-0.2, 0) is 4.79 Å². The third kappa shape index (κ3) is 5.47. The molecule has 0 aromatic heterocycles. The van der Waals surface area contributed by atoms with Gasteiger partial charge in [0.1, 0.15) is 0 Å². The highest BCUT2D eigenvalue weighted by Crippen LogP contribution is 2.08. The Morgan fingerprint density at radius 3 is 2.62 bits per heavy atom. The van der Waals surface area contributed by atoms with Crippen molar-refractivity contribution in [3.8, 4) is 0 Å². The number of carbonyl (C=O) groups excluding carboxylic acids is 1. The van der Waals surface area contributed by atoms with Crippen LogP contribution >= 0.6 is 0 Å². The van der Waals surface area contributed by atoms with Gasteiger partial charge < -0.3 is 4.90 Å². The number of nitrogens with one attached hydrogen (secondary N) is 2. The van der Waals surface area contributed by atoms with Crippen molar-refractivity contribution in [3.05, 3.63) is 0 Å². The van der Waals surface area contributed by atoms with Crippen LogP contribution in [0, 0.1) is 0 Å². The third-order valence-corrected chi connectivity index (χ3v) is 3.17. The van der Waals surface area contributed by atoms with Crippen LogP contribution in [0.15, 0.2) is 0 Å². The number of rotatable bonds is 6. The van der Waals surface area contributed by atoms with Gasteiger partial charge in [0.05, 0.1) is 0 Å². The first-order valence-electron chi connectivity index (χ1n) is 6.49. The van der Waals surface area contributed by atoms with Crippen molar-refractivity contribution in [2.75, 3.05) is 19.6 Å². The van der Waals surface area contributed by atoms with E-state index in [1.807, 2.05) is 0 Å². The number of likely N-dealkylation sites (tertiary alicyclic amines) is 1. The first-order chi connectivity index (χ1) is 7.72. The Kier molecular flexibility index (Phi) is 6.42. The van der Waals surface area contributed by atoms with Crippen LogP contribution in [0.5, 0.6) is 0 Å². The van der Waals surface area contributed by atoms with Gasteiger partial charge in [-0.3, -0.25) is 10.2 Å². The van der Waals surface area contributed by atoms with Gasteiger partial charge in [-0.1, -0.05) is 13.3 Å². The monoisotopic (exact) mass is 227 g/mol. The molecule has 0 aliphatic carbocycles. The summed E-state index contributed by atoms with van der Waals surface area (Å²) in [6.45, 7) is 7.37. The van der Waals surface area contributed by atoms with Crippen LogP contribution in [0.2, 0.25) is 0 Å². The SMILES string of the molecule is CC[C@@H](C)NNC(=O)CCN1CCCCC1. The molecule has 0 aromatic carbocycles. The lowest BCUT2D eigenvalue weighted by Gasteiger charge is -2.26. The zero-order chi connectivity index (χ0) is 11.8. The second-order valence-electron chi connectivity index (χ2n) is 4.65. The maximum atomic E-state index is 11.5. The Balaban J connectivity index is 2.05. The molecule has 1 aliphatic heterocycles. The minimum Gasteiger partial charge on any atom is -0.303 e. The summed E-state index contributed by atoms with van der Waals surface area (Å²) < 4.78 is 0. The number of amides is 1. The molecule has 0 spiro atoms. The molecule has 1 atom stereocenters. The second kappa shape index (κ2) is 7.63. The predicted octanol–water partition coefficient (Wildman–Crippen LogP) is 1.28. The molecule has 4 nitrogen and oxygen atoms in total. The van der Waals surface area contributed by atoms with E-state index in [0.717, 1.165) is 26.1 Å². The predicted molar refractivity (Wildman–Crippen MR) is 65.9 cm³/mol. The molecular formula is C12H25N3O. The van der Waals surface area contributed by atoms with E-state index in [9.17, 15) is 4.79 Å². The van der Waals surface area contributed by atoms with E-state index in [4.69, 9.17) is 0 Å². The van der Waals surface area contributed by atoms with E-state index >= 15 is 0 Å². The highest BCUT2D eigenvalue weighted by Gasteiger charge is 2.11. The van der Waals surface area contributed by atoms with E-state index in [1.54, 1.807) is 0 Å². The molecular weight excluding hydrogens is 202 g/mol. The second-order valence-corrected chi connectivity index (χ2v) is 4.65. The van der Waals surface area contributed by atoms with Gasteiger partial charge in [-0.05, 0) is 39.3 Å². The van der Waals surface area contributed by atoms with E-state index in [2.05, 4.69) is 29.6 Å². The molecule has 0 unspecified atom stereocenters. The van der Waals surface area contributed by atoms with Crippen molar-refractivity contribution in [2.24, 2.45) is 0 Å². The van der Waals surface area contributed by atoms with Gasteiger partial charge in [0, 0.05) is 19.0 Å². The Labute approximate surface area is 98.7 Å². The van der Waals surface area contributed by atoms with Crippen LogP contribution in [0.25, 0.3) is 0 Å². The molecule has 0 aromatic rings. The number of hydrogen-bond donors (Lipinski definition) is 2. The lowest BCUT2D eigenvalue weighted by atomic mass is 10.1. The number of hydrazine groups is 1. The summed E-state index contributed by atoms with van der Waals surface area (Å²) in [6, 6.07) is 0.346. The largest absolute Gasteiger partial charge is 0.303 e. The maximum absolute atomic E-state index is 11.5. The molecule has 1 heterocycles. The zero-order valence-corrected chi connectivity index (χ0v) is 10.6. The van der Waals surface area contributed by atoms with Gasteiger partial charge in [-0.2, -0.15) is 0 Å². The average molecular weight is 227 g/mol. The third-order valence-electron chi connectivity index (χ3n) is 3.17. The molecule has 1 amide bonds. The molecule has 1 fully saturated rings. The number of carbonyl (C=O) groups is 1. The smallest absolute Gasteiger partial charge is 0.235 e. The number of hydrogen-bond acceptors (Lipinski definition) is 3. The van der Waals surface area contributed by atoms with Gasteiger partial charge in [0.25, 0.3) is 0 Å². The summed E-state index contributed by atoms with van der Waals surface area (Å²) in [5.74, 6) is 0.103. The van der Waals surface area contributed by atoms with Gasteiger partial charge >= 0.3 is 0 Å². The quantitative estimate of drug-likeness (QED) is 0.672. The first kappa shape index (κ1) is 13.5. The number of nitrogens with zero attached hydrogens (tertiary/aromatic N) is 1. The van der Waals surface area contributed by atoms with Crippen LogP contribution in [0.4, 0.5) is 0 Å². The first-order valence-corrected chi connectivity index (χ1v) is 6.49. The summed E-state index contributed by atoms with van der Waals surface area (Å²) in [6.07, 6.45) is 5.54. The normalized spacial score (nSPS) is 19.4. The highest BCUT2D eigenvalue weighted by atomic mass is 16.2. The zero-order valence-electron chi connectivity index (χ0n) is 10.6. The minimum absolute atomic E-state index is 0.103. The summed E-state index contributed by atoms with van der Waals surface area (Å²) in [5, 5.41) is 0. The molecule has 4 heteroatoms. The average Bonchev–Trinajstić information content (AvgIpc) is 2.34. The van der Waals surface area contributed by atoms with Gasteiger partial charge in [0.15, 0.2) is 0 Å². The Morgan fingerprint density at radius 2 is 2.00 bits per heavy atom. The standard InChI is InChI=1S/C12H25N3O/c1-3-11(2)13-14-12(16)7-10-15-8-5-4-6-9-15/h11,13H,3-10H2,1-2H3,(H,14,16)/t11-/m1/s1. The van der Waals surface area contributed by atoms with E-state index in [-0.39, 0.29) is 5.91 Å². The molecule has 1 rings (SSSR count). The molecule has 1 saturated heterocycles. The van der Waals surface area contributed by atoms with Crippen molar-refractivity contribution in [3.63, 3.8) is 0 Å². The molecule has 2 N–H and O–H groups in total.